The molecule has 1 aliphatic heterocycles. The molecule has 2 N–H and O–H groups in total. The predicted molar refractivity (Wildman–Crippen MR) is 391 cm³/mol. The first-order chi connectivity index (χ1) is 49.2. The fourth-order valence-electron chi connectivity index (χ4n) is 11.0. The highest BCUT2D eigenvalue weighted by Gasteiger charge is 2.41. The van der Waals surface area contributed by atoms with Crippen molar-refractivity contribution >= 4 is 93.9 Å². The third-order valence-corrected chi connectivity index (χ3v) is 19.4. The van der Waals surface area contributed by atoms with E-state index in [1.165, 1.54) is 23.1 Å². The summed E-state index contributed by atoms with van der Waals surface area (Å²) in [6.07, 6.45) is 7.75. The average molecular weight is 1430 g/mol. The minimum absolute atomic E-state index is 0.0301. The molecular weight excluding hydrogens is 1340 g/mol. The standard InChI is InChI=1S/C25H27N5O5.C17H21N5O2S.C17H27N5O.C13H15N5O2/c1-5-6-14-34-15-21(31)26-18-12-10-17(11-13-18)23-27-24-16(2)25(29-30(24)28-23)35-22-19(32-3)8-7-9-20(22)33-4;1-5-6-11-25(23,24)21(4)15-9-7-14(8-10-15)16-18-17-12(2)13(3)19-22(17)20-16;1-6-8-9-14(7-2)17(23)18-10-11(3)15-19-16-12(4)13(5)20-22(16)21-15;1-6-5-10(19)17(13(6)20)9(4)12-15-14-11-7(2)8(3)16-18(11)12/h7-13H,2,5-6,14-15H2,1,3-4H3,(H,26,31);7-10H,2,5-6,11H2,1,3-4H3;11,14H,4,6-10H2,1-3,5H3,(H,18,23);6,9H,2,5H2,1,3-4H3. The zero-order valence-electron chi connectivity index (χ0n) is 60.7. The number of nitrogens with zero attached hydrogens (tertiary/aromatic N) is 18. The van der Waals surface area contributed by atoms with Crippen LogP contribution in [0, 0.1) is 32.6 Å². The summed E-state index contributed by atoms with van der Waals surface area (Å²) >= 11 is 0. The number of amides is 4. The number of aromatic nitrogens is 16. The van der Waals surface area contributed by atoms with Crippen molar-refractivity contribution in [2.45, 2.75) is 139 Å². The van der Waals surface area contributed by atoms with Crippen molar-refractivity contribution in [3.8, 4) is 45.9 Å². The van der Waals surface area contributed by atoms with Crippen molar-refractivity contribution in [2.24, 2.45) is 11.8 Å². The lowest BCUT2D eigenvalue weighted by Crippen LogP contribution is -2.34. The molecule has 30 nitrogen and oxygen atoms in total. The van der Waals surface area contributed by atoms with Gasteiger partial charge >= 0.3 is 0 Å². The van der Waals surface area contributed by atoms with Gasteiger partial charge in [-0.3, -0.25) is 28.4 Å². The Bertz CT molecular complexity index is 5100. The van der Waals surface area contributed by atoms with Crippen LogP contribution in [0.1, 0.15) is 147 Å². The Morgan fingerprint density at radius 3 is 1.78 bits per heavy atom. The zero-order valence-corrected chi connectivity index (χ0v) is 61.5. The summed E-state index contributed by atoms with van der Waals surface area (Å²) in [5.74, 6) is 3.43. The number of benzene rings is 3. The van der Waals surface area contributed by atoms with Crippen LogP contribution in [0.25, 0.3) is 71.7 Å². The highest BCUT2D eigenvalue weighted by Crippen LogP contribution is 2.39. The number of unbranched alkanes of at least 4 members (excludes halogenated alkanes) is 3. The average Bonchev–Trinajstić information content (AvgIpc) is 1.64. The molecule has 0 spiro atoms. The van der Waals surface area contributed by atoms with Gasteiger partial charge in [0.25, 0.3) is 0 Å². The molecule has 0 aliphatic carbocycles. The van der Waals surface area contributed by atoms with Crippen molar-refractivity contribution in [1.82, 2.24) is 89.5 Å². The van der Waals surface area contributed by atoms with E-state index in [0.29, 0.717) is 105 Å². The van der Waals surface area contributed by atoms with Crippen LogP contribution in [0.15, 0.2) is 66.7 Å². The van der Waals surface area contributed by atoms with Gasteiger partial charge in [-0.05, 0) is 114 Å². The van der Waals surface area contributed by atoms with E-state index in [2.05, 4.69) is 119 Å². The van der Waals surface area contributed by atoms with Crippen LogP contribution >= 0.6 is 0 Å². The van der Waals surface area contributed by atoms with E-state index in [0.717, 1.165) is 83.6 Å². The number of para-hydroxylation sites is 1. The van der Waals surface area contributed by atoms with Crippen molar-refractivity contribution < 1.29 is 46.5 Å². The van der Waals surface area contributed by atoms with E-state index < -0.39 is 16.1 Å². The number of rotatable bonds is 27. The van der Waals surface area contributed by atoms with Crippen LogP contribution in [0.4, 0.5) is 11.4 Å². The molecular formula is C72H90N20O10S. The molecule has 3 aromatic carbocycles. The maximum absolute atomic E-state index is 12.3. The number of carbonyl (C=O) groups excluding carboxylic acids is 4. The molecule has 4 amide bonds. The van der Waals surface area contributed by atoms with Gasteiger partial charge in [0, 0.05) is 76.8 Å². The number of fused-ring (bicyclic) bond motifs is 4. The van der Waals surface area contributed by atoms with Crippen molar-refractivity contribution in [2.75, 3.05) is 56.4 Å². The summed E-state index contributed by atoms with van der Waals surface area (Å²) in [7, 11) is 1.37. The maximum atomic E-state index is 12.3. The molecule has 0 radical (unpaired) electrons. The molecule has 1 saturated heterocycles. The Morgan fingerprint density at radius 2 is 1.23 bits per heavy atom. The van der Waals surface area contributed by atoms with Gasteiger partial charge in [0.05, 0.1) is 54.0 Å². The fourth-order valence-corrected chi connectivity index (χ4v) is 12.4. The number of hydrogen-bond donors (Lipinski definition) is 2. The quantitative estimate of drug-likeness (QED) is 0.0377. The molecule has 8 aromatic heterocycles. The second kappa shape index (κ2) is 33.7. The van der Waals surface area contributed by atoms with Crippen LogP contribution < -0.4 is 50.0 Å². The molecule has 544 valence electrons. The topological polar surface area (TPSA) is 342 Å². The molecule has 103 heavy (non-hydrogen) atoms. The molecule has 12 rings (SSSR count). The van der Waals surface area contributed by atoms with Crippen molar-refractivity contribution in [1.29, 1.82) is 0 Å². The molecule has 4 atom stereocenters. The number of imide groups is 1. The summed E-state index contributed by atoms with van der Waals surface area (Å²) in [6.45, 7) is 36.4. The Hall–Kier alpha value is -11.0. The second-order valence-corrected chi connectivity index (χ2v) is 27.3. The van der Waals surface area contributed by atoms with Gasteiger partial charge in [0.1, 0.15) is 6.61 Å². The lowest BCUT2D eigenvalue weighted by molar-refractivity contribution is -0.142. The molecule has 4 unspecified atom stereocenters. The number of likely N-dealkylation sites (tertiary alicyclic amines) is 1. The summed E-state index contributed by atoms with van der Waals surface area (Å²) in [5, 5.41) is 47.1. The Kier molecular flexibility index (Phi) is 24.9. The van der Waals surface area contributed by atoms with E-state index in [9.17, 15) is 27.6 Å². The minimum atomic E-state index is -3.30. The van der Waals surface area contributed by atoms with Crippen LogP contribution in [0.3, 0.4) is 0 Å². The largest absolute Gasteiger partial charge is 0.493 e. The van der Waals surface area contributed by atoms with E-state index in [4.69, 9.17) is 18.9 Å². The first kappa shape index (κ1) is 76.2. The number of anilines is 2. The first-order valence-electron chi connectivity index (χ1n) is 34.2. The van der Waals surface area contributed by atoms with Crippen LogP contribution in [-0.4, -0.2) is 163 Å². The van der Waals surface area contributed by atoms with E-state index >= 15 is 0 Å². The summed E-state index contributed by atoms with van der Waals surface area (Å²) < 4.78 is 53.9. The molecule has 9 heterocycles. The molecule has 31 heteroatoms. The molecule has 1 fully saturated rings. The molecule has 0 bridgehead atoms. The van der Waals surface area contributed by atoms with Gasteiger partial charge in [0.2, 0.25) is 45.3 Å². The minimum Gasteiger partial charge on any atom is -0.493 e. The highest BCUT2D eigenvalue weighted by molar-refractivity contribution is 7.92. The number of aryl methyl sites for hydroxylation is 3. The Labute approximate surface area is 596 Å². The molecule has 0 saturated carbocycles. The van der Waals surface area contributed by atoms with Crippen LogP contribution in [-0.2, 0) is 33.9 Å². The van der Waals surface area contributed by atoms with Gasteiger partial charge in [0.15, 0.2) is 57.4 Å². The number of ether oxygens (including phenoxy) is 4. The maximum Gasteiger partial charge on any atom is 0.250 e. The first-order valence-corrected chi connectivity index (χ1v) is 35.8. The lowest BCUT2D eigenvalue weighted by atomic mass is 9.98. The molecule has 1 aliphatic rings. The number of methoxy groups -OCH3 is 2. The molecule has 11 aromatic rings. The fraction of sp³-hybridized carbons (Fsp3) is 0.417. The SMILES string of the molecule is C=c1c(C)nn2c(C(C)N3C(=O)CC(C)C3=O)nnc12.C=c1c(C)nn2nc(-c3ccc(N(C)S(=O)(=O)CCCC)cc3)nc12.C=c1c(C)nn2nc(C(C)CNC(=O)C(CC)CCCC)nc12.C=c1c(Oc2c(OC)cccc2OC)nn2nc(-c3ccc(NC(=O)COCCCC)cc3)nc12. The second-order valence-electron chi connectivity index (χ2n) is 25.1. The summed E-state index contributed by atoms with van der Waals surface area (Å²) in [5.41, 5.74) is 7.61. The number of sulfonamides is 1. The van der Waals surface area contributed by atoms with Gasteiger partial charge in [-0.25, -0.2) is 23.4 Å². The normalized spacial score (nSPS) is 13.9. The third-order valence-electron chi connectivity index (χ3n) is 17.5. The van der Waals surface area contributed by atoms with Gasteiger partial charge in [-0.1, -0.05) is 99.6 Å². The van der Waals surface area contributed by atoms with Crippen LogP contribution in [0.2, 0.25) is 0 Å². The van der Waals surface area contributed by atoms with Gasteiger partial charge in [-0.15, -0.1) is 44.5 Å². The number of hydrogen-bond acceptors (Lipinski definition) is 22. The van der Waals surface area contributed by atoms with E-state index in [1.807, 2.05) is 58.9 Å². The van der Waals surface area contributed by atoms with Gasteiger partial charge in [-0.2, -0.15) is 19.8 Å². The highest BCUT2D eigenvalue weighted by atomic mass is 32.2. The summed E-state index contributed by atoms with van der Waals surface area (Å²) in [4.78, 5) is 63.1. The summed E-state index contributed by atoms with van der Waals surface area (Å²) in [6, 6.07) is 19.2. The van der Waals surface area contributed by atoms with Crippen molar-refractivity contribution in [3.63, 3.8) is 0 Å². The van der Waals surface area contributed by atoms with Crippen molar-refractivity contribution in [3.05, 3.63) is 116 Å². The van der Waals surface area contributed by atoms with E-state index in [1.54, 1.807) is 82.1 Å². The van der Waals surface area contributed by atoms with Crippen LogP contribution in [0.5, 0.6) is 23.1 Å². The number of carbonyl (C=O) groups is 4. The zero-order chi connectivity index (χ0) is 74.6. The van der Waals surface area contributed by atoms with Gasteiger partial charge < -0.3 is 29.6 Å². The monoisotopic (exact) mass is 1430 g/mol. The lowest BCUT2D eigenvalue weighted by Gasteiger charge is -2.20. The Balaban J connectivity index is 0.000000163. The third kappa shape index (κ3) is 17.3. The smallest absolute Gasteiger partial charge is 0.250 e. The predicted octanol–water partition coefficient (Wildman–Crippen LogP) is 7.30. The van der Waals surface area contributed by atoms with E-state index in [-0.39, 0.29) is 66.0 Å². The number of nitrogens with one attached hydrogen (secondary N) is 2. The Morgan fingerprint density at radius 1 is 0.680 bits per heavy atom.